The predicted molar refractivity (Wildman–Crippen MR) is 46.1 cm³/mol. The van der Waals surface area contributed by atoms with Crippen LogP contribution in [0.5, 0.6) is 5.75 Å². The summed E-state index contributed by atoms with van der Waals surface area (Å²) in [6, 6.07) is -0.282. The number of hydrogen-bond donors (Lipinski definition) is 2. The minimum Gasteiger partial charge on any atom is -0.490 e. The van der Waals surface area contributed by atoms with Crippen LogP contribution in [0.2, 0.25) is 0 Å². The van der Waals surface area contributed by atoms with Gasteiger partial charge in [0, 0.05) is 6.07 Å². The van der Waals surface area contributed by atoms with Gasteiger partial charge in [0.05, 0.1) is 13.4 Å². The van der Waals surface area contributed by atoms with Gasteiger partial charge in [-0.1, -0.05) is 0 Å². The van der Waals surface area contributed by atoms with E-state index in [0.717, 1.165) is 12.3 Å². The molecular weight excluding hydrogens is 190 g/mol. The van der Waals surface area contributed by atoms with Crippen molar-refractivity contribution in [2.75, 3.05) is 7.11 Å². The molecule has 0 spiro atoms. The van der Waals surface area contributed by atoms with Crippen LogP contribution in [-0.2, 0) is 4.79 Å². The van der Waals surface area contributed by atoms with Crippen LogP contribution in [0.3, 0.4) is 0 Å². The van der Waals surface area contributed by atoms with Crippen molar-refractivity contribution in [1.82, 2.24) is 0 Å². The molecule has 0 aliphatic carbocycles. The molecule has 1 atom stereocenters. The number of carbonyl (C=O) groups is 1. The highest BCUT2D eigenvalue weighted by Gasteiger charge is 2.23. The Bertz CT molecular complexity index is 397. The second-order valence-electron chi connectivity index (χ2n) is 2.50. The van der Waals surface area contributed by atoms with Crippen molar-refractivity contribution in [3.63, 3.8) is 0 Å². The summed E-state index contributed by atoms with van der Waals surface area (Å²) in [6.07, 6.45) is 1.07. The zero-order valence-corrected chi connectivity index (χ0v) is 7.39. The Hall–Kier alpha value is -1.82. The highest BCUT2D eigenvalue weighted by Crippen LogP contribution is 2.19. The molecule has 0 aliphatic heterocycles. The van der Waals surface area contributed by atoms with Gasteiger partial charge in [0.1, 0.15) is 0 Å². The molecule has 0 bridgehead atoms. The molecule has 1 rings (SSSR count). The molecule has 14 heavy (non-hydrogen) atoms. The van der Waals surface area contributed by atoms with E-state index in [4.69, 9.17) is 20.0 Å². The highest BCUT2D eigenvalue weighted by atomic mass is 16.5. The van der Waals surface area contributed by atoms with E-state index >= 15 is 0 Å². The average molecular weight is 199 g/mol. The number of rotatable bonds is 3. The number of nitrogens with two attached hydrogens (primary N) is 1. The maximum atomic E-state index is 11.2. The smallest absolute Gasteiger partial charge is 0.328 e. The number of methoxy groups -OCH3 is 1. The quantitative estimate of drug-likeness (QED) is 0.694. The topological polar surface area (TPSA) is 103 Å². The molecule has 0 aromatic carbocycles. The highest BCUT2D eigenvalue weighted by molar-refractivity contribution is 5.75. The SMILES string of the molecule is COc1c(C(N)C(=O)O)occc1=O. The number of aliphatic carboxylic acids is 1. The number of carboxylic acid groups (broad SMARTS) is 1. The van der Waals surface area contributed by atoms with Crippen LogP contribution < -0.4 is 15.9 Å². The Morgan fingerprint density at radius 3 is 2.86 bits per heavy atom. The first-order valence-corrected chi connectivity index (χ1v) is 3.72. The van der Waals surface area contributed by atoms with Gasteiger partial charge in [0.2, 0.25) is 11.2 Å². The molecule has 76 valence electrons. The van der Waals surface area contributed by atoms with Crippen molar-refractivity contribution in [3.8, 4) is 5.75 Å². The average Bonchev–Trinajstić information content (AvgIpc) is 2.16. The lowest BCUT2D eigenvalue weighted by Crippen LogP contribution is -2.23. The fourth-order valence-electron chi connectivity index (χ4n) is 0.948. The first kappa shape index (κ1) is 10.3. The third-order valence-electron chi connectivity index (χ3n) is 1.61. The molecule has 0 saturated heterocycles. The van der Waals surface area contributed by atoms with E-state index in [1.165, 1.54) is 7.11 Å². The van der Waals surface area contributed by atoms with Crippen LogP contribution in [0.1, 0.15) is 11.8 Å². The van der Waals surface area contributed by atoms with Gasteiger partial charge in [-0.05, 0) is 0 Å². The van der Waals surface area contributed by atoms with Crippen molar-refractivity contribution in [2.45, 2.75) is 6.04 Å². The maximum Gasteiger partial charge on any atom is 0.328 e. The van der Waals surface area contributed by atoms with Gasteiger partial charge in [-0.2, -0.15) is 0 Å². The third kappa shape index (κ3) is 1.74. The Labute approximate surface area is 78.9 Å². The lowest BCUT2D eigenvalue weighted by atomic mass is 10.2. The first-order chi connectivity index (χ1) is 6.57. The minimum atomic E-state index is -1.40. The van der Waals surface area contributed by atoms with Crippen molar-refractivity contribution >= 4 is 5.97 Å². The summed E-state index contributed by atoms with van der Waals surface area (Å²) in [5, 5.41) is 8.60. The van der Waals surface area contributed by atoms with E-state index in [-0.39, 0.29) is 11.5 Å². The fourth-order valence-corrected chi connectivity index (χ4v) is 0.948. The normalized spacial score (nSPS) is 12.1. The molecule has 0 aliphatic rings. The number of carboxylic acids is 1. The molecule has 6 nitrogen and oxygen atoms in total. The molecular formula is C8H9NO5. The molecule has 0 radical (unpaired) electrons. The van der Waals surface area contributed by atoms with Gasteiger partial charge in [-0.15, -0.1) is 0 Å². The van der Waals surface area contributed by atoms with E-state index in [2.05, 4.69) is 0 Å². The van der Waals surface area contributed by atoms with Crippen molar-refractivity contribution in [3.05, 3.63) is 28.3 Å². The van der Waals surface area contributed by atoms with E-state index < -0.39 is 17.4 Å². The summed E-state index contributed by atoms with van der Waals surface area (Å²) in [7, 11) is 1.24. The van der Waals surface area contributed by atoms with Gasteiger partial charge < -0.3 is 20.0 Å². The van der Waals surface area contributed by atoms with Crippen LogP contribution in [0.15, 0.2) is 21.5 Å². The predicted octanol–water partition coefficient (Wildman–Crippen LogP) is -0.267. The zero-order valence-electron chi connectivity index (χ0n) is 7.39. The zero-order chi connectivity index (χ0) is 10.7. The molecule has 1 aromatic rings. The van der Waals surface area contributed by atoms with Crippen molar-refractivity contribution < 1.29 is 19.1 Å². The number of hydrogen-bond acceptors (Lipinski definition) is 5. The summed E-state index contributed by atoms with van der Waals surface area (Å²) in [4.78, 5) is 21.7. The third-order valence-corrected chi connectivity index (χ3v) is 1.61. The summed E-state index contributed by atoms with van der Waals surface area (Å²) in [6.45, 7) is 0. The second-order valence-corrected chi connectivity index (χ2v) is 2.50. The lowest BCUT2D eigenvalue weighted by molar-refractivity contribution is -0.139. The molecule has 0 fully saturated rings. The summed E-state index contributed by atoms with van der Waals surface area (Å²) < 4.78 is 9.52. The van der Waals surface area contributed by atoms with Gasteiger partial charge in [-0.25, -0.2) is 0 Å². The van der Waals surface area contributed by atoms with Gasteiger partial charge in [0.15, 0.2) is 11.8 Å². The van der Waals surface area contributed by atoms with Crippen LogP contribution in [0, 0.1) is 0 Å². The van der Waals surface area contributed by atoms with Gasteiger partial charge in [-0.3, -0.25) is 9.59 Å². The van der Waals surface area contributed by atoms with Crippen molar-refractivity contribution in [1.29, 1.82) is 0 Å². The Morgan fingerprint density at radius 1 is 1.71 bits per heavy atom. The summed E-state index contributed by atoms with van der Waals surface area (Å²) >= 11 is 0. The first-order valence-electron chi connectivity index (χ1n) is 3.72. The molecule has 3 N–H and O–H groups in total. The molecule has 0 saturated carbocycles. The Balaban J connectivity index is 3.27. The van der Waals surface area contributed by atoms with E-state index in [9.17, 15) is 9.59 Å². The van der Waals surface area contributed by atoms with Gasteiger partial charge in [0.25, 0.3) is 0 Å². The Kier molecular flexibility index (Phi) is 2.88. The maximum absolute atomic E-state index is 11.2. The minimum absolute atomic E-state index is 0.178. The molecule has 1 aromatic heterocycles. The monoisotopic (exact) mass is 199 g/mol. The van der Waals surface area contributed by atoms with Gasteiger partial charge >= 0.3 is 5.97 Å². The van der Waals surface area contributed by atoms with E-state index in [0.29, 0.717) is 0 Å². The molecule has 1 unspecified atom stereocenters. The van der Waals surface area contributed by atoms with Crippen LogP contribution in [-0.4, -0.2) is 18.2 Å². The largest absolute Gasteiger partial charge is 0.490 e. The standard InChI is InChI=1S/C8H9NO5/c1-13-6-4(10)2-3-14-7(6)5(9)8(11)12/h2-3,5H,9H2,1H3,(H,11,12). The second kappa shape index (κ2) is 3.93. The lowest BCUT2D eigenvalue weighted by Gasteiger charge is -2.08. The van der Waals surface area contributed by atoms with E-state index in [1.807, 2.05) is 0 Å². The summed E-state index contributed by atoms with van der Waals surface area (Å²) in [5.41, 5.74) is 4.80. The number of ether oxygens (including phenoxy) is 1. The van der Waals surface area contributed by atoms with E-state index in [1.54, 1.807) is 0 Å². The Morgan fingerprint density at radius 2 is 2.36 bits per heavy atom. The molecule has 1 heterocycles. The molecule has 0 amide bonds. The van der Waals surface area contributed by atoms with Crippen LogP contribution in [0.4, 0.5) is 0 Å². The fraction of sp³-hybridized carbons (Fsp3) is 0.250. The molecule has 6 heteroatoms. The summed E-state index contributed by atoms with van der Waals surface area (Å²) in [5.74, 6) is -1.66. The van der Waals surface area contributed by atoms with Crippen LogP contribution in [0.25, 0.3) is 0 Å². The van der Waals surface area contributed by atoms with Crippen LogP contribution >= 0.6 is 0 Å². The van der Waals surface area contributed by atoms with Crippen molar-refractivity contribution in [2.24, 2.45) is 5.73 Å².